The molecule has 3 heterocycles. The van der Waals surface area contributed by atoms with Crippen LogP contribution < -0.4 is 14.4 Å². The van der Waals surface area contributed by atoms with E-state index in [1.807, 2.05) is 6.92 Å². The maximum atomic E-state index is 12.7. The molecule has 0 spiro atoms. The minimum Gasteiger partial charge on any atom is -0.465 e. The summed E-state index contributed by atoms with van der Waals surface area (Å²) in [5.41, 5.74) is 1.97. The summed E-state index contributed by atoms with van der Waals surface area (Å²) in [4.78, 5) is 21.8. The van der Waals surface area contributed by atoms with Crippen molar-refractivity contribution < 1.29 is 27.6 Å². The van der Waals surface area contributed by atoms with Crippen LogP contribution in [0.25, 0.3) is 22.0 Å². The van der Waals surface area contributed by atoms with Crippen LogP contribution in [-0.2, 0) is 10.3 Å². The number of hydrogen-bond donors (Lipinski definition) is 3. The Morgan fingerprint density at radius 1 is 1.04 bits per heavy atom. The minimum absolute atomic E-state index is 0.0792. The fraction of sp³-hybridized carbons (Fsp3) is 0.194. The number of nitrogens with one attached hydrogen (secondary N) is 1. The Morgan fingerprint density at radius 3 is 2.63 bits per heavy atom. The molecule has 1 amide bonds. The summed E-state index contributed by atoms with van der Waals surface area (Å²) in [7, 11) is -4.80. The number of benzene rings is 3. The number of carboxylic acid groups (broad SMARTS) is 1. The number of hydrogen-bond acceptors (Lipinski definition) is 9. The highest BCUT2D eigenvalue weighted by Gasteiger charge is 2.27. The molecule has 15 heteroatoms. The van der Waals surface area contributed by atoms with Crippen LogP contribution in [0.3, 0.4) is 0 Å². The SMILES string of the molecule is Cc1ccc2c(N(c3ccccc3Cl)S(=O)(=O)O)cccc2c1Oc1nnccc1-c1ccnc(NC2CCCN(C(=O)O)C2)n1. The minimum atomic E-state index is -4.80. The third kappa shape index (κ3) is 6.36. The molecule has 3 N–H and O–H groups in total. The zero-order valence-corrected chi connectivity index (χ0v) is 26.0. The number of anilines is 3. The highest BCUT2D eigenvalue weighted by atomic mass is 35.5. The molecular formula is C31H28ClN7O6S. The molecule has 1 atom stereocenters. The fourth-order valence-corrected chi connectivity index (χ4v) is 6.53. The smallest absolute Gasteiger partial charge is 0.407 e. The van der Waals surface area contributed by atoms with E-state index in [0.717, 1.165) is 22.7 Å². The number of fused-ring (bicyclic) bond motifs is 1. The van der Waals surface area contributed by atoms with Crippen LogP contribution in [0.2, 0.25) is 5.02 Å². The summed E-state index contributed by atoms with van der Waals surface area (Å²) in [6.07, 6.45) is 3.63. The first kappa shape index (κ1) is 31.0. The van der Waals surface area contributed by atoms with Gasteiger partial charge in [-0.15, -0.1) is 5.10 Å². The molecule has 0 aliphatic carbocycles. The van der Waals surface area contributed by atoms with Gasteiger partial charge >= 0.3 is 16.4 Å². The van der Waals surface area contributed by atoms with E-state index in [1.54, 1.807) is 60.8 Å². The van der Waals surface area contributed by atoms with Gasteiger partial charge in [0, 0.05) is 36.1 Å². The first-order chi connectivity index (χ1) is 22.1. The quantitative estimate of drug-likeness (QED) is 0.159. The summed E-state index contributed by atoms with van der Waals surface area (Å²) >= 11 is 6.35. The van der Waals surface area contributed by atoms with Crippen molar-refractivity contribution in [2.24, 2.45) is 0 Å². The first-order valence-corrected chi connectivity index (χ1v) is 16.0. The average Bonchev–Trinajstić information content (AvgIpc) is 3.03. The van der Waals surface area contributed by atoms with Gasteiger partial charge in [0.1, 0.15) is 5.75 Å². The molecule has 1 aliphatic heterocycles. The summed E-state index contributed by atoms with van der Waals surface area (Å²) in [5, 5.41) is 22.0. The zero-order chi connectivity index (χ0) is 32.4. The van der Waals surface area contributed by atoms with Crippen LogP contribution in [0.4, 0.5) is 22.1 Å². The molecule has 13 nitrogen and oxygen atoms in total. The van der Waals surface area contributed by atoms with E-state index in [4.69, 9.17) is 16.3 Å². The standard InChI is InChI=1S/C31H28ClN7O6S/c1-19-11-12-21-22(7-4-10-26(21)39(46(42,43)44)27-9-3-2-8-24(27)32)28(19)45-29-23(13-16-34-37-29)25-14-15-33-30(36-25)35-20-6-5-17-38(18-20)31(40)41/h2-4,7-16,20H,5-6,17-18H2,1H3,(H,40,41)(H,33,35,36)(H,42,43,44). The van der Waals surface area contributed by atoms with Crippen molar-refractivity contribution in [3.05, 3.63) is 89.7 Å². The molecule has 1 unspecified atom stereocenters. The number of para-hydroxylation sites is 1. The molecule has 0 bridgehead atoms. The molecule has 3 aromatic carbocycles. The zero-order valence-electron chi connectivity index (χ0n) is 24.4. The van der Waals surface area contributed by atoms with E-state index in [-0.39, 0.29) is 28.3 Å². The molecule has 1 aliphatic rings. The van der Waals surface area contributed by atoms with Gasteiger partial charge in [-0.05, 0) is 55.7 Å². The molecule has 0 saturated carbocycles. The number of carbonyl (C=O) groups is 1. The van der Waals surface area contributed by atoms with Crippen molar-refractivity contribution in [2.45, 2.75) is 25.8 Å². The van der Waals surface area contributed by atoms with Crippen LogP contribution in [-0.4, -0.2) is 68.4 Å². The predicted molar refractivity (Wildman–Crippen MR) is 173 cm³/mol. The molecule has 5 aromatic rings. The molecule has 1 fully saturated rings. The van der Waals surface area contributed by atoms with Gasteiger partial charge in [-0.3, -0.25) is 4.55 Å². The van der Waals surface area contributed by atoms with Gasteiger partial charge in [-0.25, -0.2) is 19.1 Å². The number of likely N-dealkylation sites (tertiary alicyclic amines) is 1. The monoisotopic (exact) mass is 661 g/mol. The Kier molecular flexibility index (Phi) is 8.58. The number of rotatable bonds is 8. The molecule has 2 aromatic heterocycles. The third-order valence-corrected chi connectivity index (χ3v) is 8.72. The van der Waals surface area contributed by atoms with Crippen molar-refractivity contribution in [3.8, 4) is 22.9 Å². The van der Waals surface area contributed by atoms with Gasteiger partial charge in [0.25, 0.3) is 0 Å². The van der Waals surface area contributed by atoms with Crippen LogP contribution in [0, 0.1) is 6.92 Å². The molecule has 6 rings (SSSR count). The van der Waals surface area contributed by atoms with Gasteiger partial charge in [-0.1, -0.05) is 48.0 Å². The van der Waals surface area contributed by atoms with E-state index in [1.165, 1.54) is 23.2 Å². The summed E-state index contributed by atoms with van der Waals surface area (Å²) in [6, 6.07) is 18.0. The lowest BCUT2D eigenvalue weighted by Crippen LogP contribution is -2.44. The summed E-state index contributed by atoms with van der Waals surface area (Å²) in [6.45, 7) is 2.64. The molecule has 236 valence electrons. The topological polar surface area (TPSA) is 171 Å². The van der Waals surface area contributed by atoms with Crippen LogP contribution in [0.5, 0.6) is 11.6 Å². The average molecular weight is 662 g/mol. The van der Waals surface area contributed by atoms with E-state index in [0.29, 0.717) is 46.8 Å². The second-order valence-electron chi connectivity index (χ2n) is 10.6. The van der Waals surface area contributed by atoms with E-state index < -0.39 is 16.4 Å². The van der Waals surface area contributed by atoms with Crippen molar-refractivity contribution in [1.29, 1.82) is 0 Å². The van der Waals surface area contributed by atoms with Gasteiger partial charge in [0.15, 0.2) is 0 Å². The van der Waals surface area contributed by atoms with Gasteiger partial charge < -0.3 is 20.1 Å². The van der Waals surface area contributed by atoms with Gasteiger partial charge in [0.2, 0.25) is 11.8 Å². The van der Waals surface area contributed by atoms with E-state index in [2.05, 4.69) is 25.5 Å². The second kappa shape index (κ2) is 12.7. The number of nitrogens with zero attached hydrogens (tertiary/aromatic N) is 6. The highest BCUT2D eigenvalue weighted by Crippen LogP contribution is 2.42. The lowest BCUT2D eigenvalue weighted by Gasteiger charge is -2.31. The molecule has 46 heavy (non-hydrogen) atoms. The normalized spacial score (nSPS) is 15.0. The van der Waals surface area contributed by atoms with Gasteiger partial charge in [0.05, 0.1) is 33.9 Å². The molecule has 0 radical (unpaired) electrons. The number of ether oxygens (including phenoxy) is 1. The van der Waals surface area contributed by atoms with E-state index >= 15 is 0 Å². The van der Waals surface area contributed by atoms with Crippen LogP contribution >= 0.6 is 11.6 Å². The largest absolute Gasteiger partial charge is 0.465 e. The number of halogens is 1. The van der Waals surface area contributed by atoms with Crippen LogP contribution in [0.1, 0.15) is 18.4 Å². The Morgan fingerprint density at radius 2 is 1.85 bits per heavy atom. The number of piperidine rings is 1. The Balaban J connectivity index is 1.37. The summed E-state index contributed by atoms with van der Waals surface area (Å²) < 4.78 is 42.9. The molecular weight excluding hydrogens is 634 g/mol. The Hall–Kier alpha value is -5.05. The number of amides is 1. The lowest BCUT2D eigenvalue weighted by molar-refractivity contribution is 0.132. The number of aromatic nitrogens is 4. The Labute approximate surface area is 269 Å². The maximum Gasteiger partial charge on any atom is 0.407 e. The predicted octanol–water partition coefficient (Wildman–Crippen LogP) is 6.34. The second-order valence-corrected chi connectivity index (χ2v) is 12.3. The van der Waals surface area contributed by atoms with Crippen molar-refractivity contribution in [2.75, 3.05) is 22.7 Å². The number of aryl methyl sites for hydroxylation is 1. The first-order valence-electron chi connectivity index (χ1n) is 14.2. The van der Waals surface area contributed by atoms with Crippen molar-refractivity contribution in [1.82, 2.24) is 25.1 Å². The third-order valence-electron chi connectivity index (χ3n) is 7.55. The van der Waals surface area contributed by atoms with Gasteiger partial charge in [-0.2, -0.15) is 13.5 Å². The summed E-state index contributed by atoms with van der Waals surface area (Å²) in [5.74, 6) is 0.855. The molecule has 1 saturated heterocycles. The highest BCUT2D eigenvalue weighted by molar-refractivity contribution is 7.87. The van der Waals surface area contributed by atoms with Crippen LogP contribution in [0.15, 0.2) is 79.1 Å². The Bertz CT molecular complexity index is 2050. The lowest BCUT2D eigenvalue weighted by atomic mass is 10.0. The van der Waals surface area contributed by atoms with Crippen molar-refractivity contribution in [3.63, 3.8) is 0 Å². The van der Waals surface area contributed by atoms with E-state index in [9.17, 15) is 22.9 Å². The maximum absolute atomic E-state index is 12.7. The van der Waals surface area contributed by atoms with Crippen molar-refractivity contribution >= 4 is 56.1 Å². The fourth-order valence-electron chi connectivity index (χ4n) is 5.45.